The Hall–Kier alpha value is -2.95. The first-order chi connectivity index (χ1) is 10.2. The van der Waals surface area contributed by atoms with Crippen molar-refractivity contribution in [2.24, 2.45) is 0 Å². The molecule has 3 aromatic rings. The van der Waals surface area contributed by atoms with Crippen molar-refractivity contribution < 1.29 is 4.79 Å². The summed E-state index contributed by atoms with van der Waals surface area (Å²) in [6.07, 6.45) is 1.46. The van der Waals surface area contributed by atoms with Gasteiger partial charge in [0.15, 0.2) is 0 Å². The van der Waals surface area contributed by atoms with Gasteiger partial charge in [-0.2, -0.15) is 0 Å². The molecule has 0 aliphatic heterocycles. The predicted molar refractivity (Wildman–Crippen MR) is 80.4 cm³/mol. The Balaban J connectivity index is 2.08. The highest BCUT2D eigenvalue weighted by atomic mass is 16.1. The van der Waals surface area contributed by atoms with Crippen molar-refractivity contribution >= 4 is 11.5 Å². The molecule has 0 spiro atoms. The Morgan fingerprint density at radius 2 is 1.90 bits per heavy atom. The van der Waals surface area contributed by atoms with Crippen LogP contribution in [0.15, 0.2) is 54.7 Å². The highest BCUT2D eigenvalue weighted by molar-refractivity contribution is 6.11. The Bertz CT molecular complexity index is 793. The Morgan fingerprint density at radius 1 is 1.14 bits per heavy atom. The van der Waals surface area contributed by atoms with Crippen LogP contribution in [0.1, 0.15) is 21.6 Å². The van der Waals surface area contributed by atoms with Crippen LogP contribution in [0.2, 0.25) is 0 Å². The minimum atomic E-state index is -0.190. The number of nitrogen functional groups attached to an aromatic ring is 1. The van der Waals surface area contributed by atoms with Crippen LogP contribution in [0.5, 0.6) is 0 Å². The van der Waals surface area contributed by atoms with Gasteiger partial charge in [-0.1, -0.05) is 35.0 Å². The number of ketones is 1. The van der Waals surface area contributed by atoms with Crippen LogP contribution in [0.4, 0.5) is 5.69 Å². The fourth-order valence-electron chi connectivity index (χ4n) is 2.15. The second kappa shape index (κ2) is 5.20. The molecule has 0 aliphatic rings. The first-order valence-electron chi connectivity index (χ1n) is 6.54. The lowest BCUT2D eigenvalue weighted by atomic mass is 10.0. The van der Waals surface area contributed by atoms with Gasteiger partial charge in [-0.15, -0.1) is 5.10 Å². The van der Waals surface area contributed by atoms with E-state index in [0.717, 1.165) is 11.3 Å². The van der Waals surface area contributed by atoms with Crippen molar-refractivity contribution in [3.63, 3.8) is 0 Å². The van der Waals surface area contributed by atoms with E-state index in [2.05, 4.69) is 10.3 Å². The van der Waals surface area contributed by atoms with Crippen molar-refractivity contribution in [3.8, 4) is 5.69 Å². The molecule has 104 valence electrons. The Kier molecular flexibility index (Phi) is 3.23. The standard InChI is InChI=1S/C16H14N4O/c1-11-7-8-14(17)13(9-11)16(21)15-10-18-19-20(15)12-5-3-2-4-6-12/h2-10H,17H2,1H3. The van der Waals surface area contributed by atoms with Crippen molar-refractivity contribution in [1.82, 2.24) is 15.0 Å². The molecule has 0 amide bonds. The van der Waals surface area contributed by atoms with Gasteiger partial charge in [0.2, 0.25) is 5.78 Å². The molecule has 21 heavy (non-hydrogen) atoms. The van der Waals surface area contributed by atoms with E-state index >= 15 is 0 Å². The van der Waals surface area contributed by atoms with E-state index in [-0.39, 0.29) is 5.78 Å². The summed E-state index contributed by atoms with van der Waals surface area (Å²) >= 11 is 0. The molecule has 3 rings (SSSR count). The van der Waals surface area contributed by atoms with Gasteiger partial charge < -0.3 is 5.73 Å². The number of para-hydroxylation sites is 1. The highest BCUT2D eigenvalue weighted by Gasteiger charge is 2.18. The van der Waals surface area contributed by atoms with E-state index in [1.165, 1.54) is 10.9 Å². The molecule has 5 heteroatoms. The maximum absolute atomic E-state index is 12.7. The zero-order valence-corrected chi connectivity index (χ0v) is 11.5. The third-order valence-electron chi connectivity index (χ3n) is 3.24. The van der Waals surface area contributed by atoms with Crippen LogP contribution in [0, 0.1) is 6.92 Å². The Morgan fingerprint density at radius 3 is 2.67 bits per heavy atom. The van der Waals surface area contributed by atoms with E-state index in [1.807, 2.05) is 43.3 Å². The highest BCUT2D eigenvalue weighted by Crippen LogP contribution is 2.19. The average Bonchev–Trinajstić information content (AvgIpc) is 2.99. The zero-order chi connectivity index (χ0) is 14.8. The molecule has 2 N–H and O–H groups in total. The normalized spacial score (nSPS) is 10.5. The molecule has 0 atom stereocenters. The lowest BCUT2D eigenvalue weighted by Gasteiger charge is -2.08. The minimum Gasteiger partial charge on any atom is -0.398 e. The number of benzene rings is 2. The van der Waals surface area contributed by atoms with E-state index in [1.54, 1.807) is 12.1 Å². The lowest BCUT2D eigenvalue weighted by molar-refractivity contribution is 0.103. The minimum absolute atomic E-state index is 0.190. The van der Waals surface area contributed by atoms with Crippen molar-refractivity contribution in [1.29, 1.82) is 0 Å². The zero-order valence-electron chi connectivity index (χ0n) is 11.5. The molecule has 0 bridgehead atoms. The van der Waals surface area contributed by atoms with E-state index < -0.39 is 0 Å². The van der Waals surface area contributed by atoms with Crippen molar-refractivity contribution in [2.45, 2.75) is 6.92 Å². The summed E-state index contributed by atoms with van der Waals surface area (Å²) in [6.45, 7) is 1.92. The predicted octanol–water partition coefficient (Wildman–Crippen LogP) is 2.39. The van der Waals surface area contributed by atoms with Crippen LogP contribution in [-0.2, 0) is 0 Å². The first kappa shape index (κ1) is 13.1. The van der Waals surface area contributed by atoms with Crippen LogP contribution >= 0.6 is 0 Å². The van der Waals surface area contributed by atoms with E-state index in [4.69, 9.17) is 5.73 Å². The number of carbonyl (C=O) groups excluding carboxylic acids is 1. The lowest BCUT2D eigenvalue weighted by Crippen LogP contribution is -2.12. The maximum atomic E-state index is 12.7. The molecule has 5 nitrogen and oxygen atoms in total. The molecule has 0 saturated heterocycles. The van der Waals surface area contributed by atoms with Gasteiger partial charge in [0.05, 0.1) is 11.9 Å². The van der Waals surface area contributed by atoms with Crippen LogP contribution < -0.4 is 5.73 Å². The topological polar surface area (TPSA) is 73.8 Å². The summed E-state index contributed by atoms with van der Waals surface area (Å²) in [5.41, 5.74) is 8.98. The summed E-state index contributed by atoms with van der Waals surface area (Å²) in [6, 6.07) is 14.8. The van der Waals surface area contributed by atoms with Gasteiger partial charge in [-0.25, -0.2) is 4.68 Å². The van der Waals surface area contributed by atoms with Crippen LogP contribution in [0.3, 0.4) is 0 Å². The average molecular weight is 278 g/mol. The van der Waals surface area contributed by atoms with Crippen LogP contribution in [-0.4, -0.2) is 20.8 Å². The van der Waals surface area contributed by atoms with Gasteiger partial charge in [-0.05, 0) is 31.2 Å². The Labute approximate surface area is 122 Å². The second-order valence-electron chi connectivity index (χ2n) is 4.79. The third kappa shape index (κ3) is 2.41. The summed E-state index contributed by atoms with van der Waals surface area (Å²) in [7, 11) is 0. The number of aromatic nitrogens is 3. The van der Waals surface area contributed by atoms with Gasteiger partial charge in [0.25, 0.3) is 0 Å². The monoisotopic (exact) mass is 278 g/mol. The van der Waals surface area contributed by atoms with Gasteiger partial charge in [0, 0.05) is 11.3 Å². The molecular weight excluding hydrogens is 264 g/mol. The fourth-order valence-corrected chi connectivity index (χ4v) is 2.15. The molecular formula is C16H14N4O. The SMILES string of the molecule is Cc1ccc(N)c(C(=O)c2cnnn2-c2ccccc2)c1. The number of anilines is 1. The smallest absolute Gasteiger partial charge is 0.215 e. The molecule has 0 unspecified atom stereocenters. The first-order valence-corrected chi connectivity index (χ1v) is 6.54. The molecule has 0 aliphatic carbocycles. The second-order valence-corrected chi connectivity index (χ2v) is 4.79. The maximum Gasteiger partial charge on any atom is 0.215 e. The number of carbonyl (C=O) groups is 1. The number of aryl methyl sites for hydroxylation is 1. The molecule has 2 aromatic carbocycles. The molecule has 0 fully saturated rings. The summed E-state index contributed by atoms with van der Waals surface area (Å²) in [4.78, 5) is 12.7. The van der Waals surface area contributed by atoms with E-state index in [9.17, 15) is 4.79 Å². The molecule has 0 radical (unpaired) electrons. The summed E-state index contributed by atoms with van der Waals surface area (Å²) in [5.74, 6) is -0.190. The van der Waals surface area contributed by atoms with Gasteiger partial charge in [-0.3, -0.25) is 4.79 Å². The quantitative estimate of drug-likeness (QED) is 0.589. The largest absolute Gasteiger partial charge is 0.398 e. The molecule has 1 heterocycles. The fraction of sp³-hybridized carbons (Fsp3) is 0.0625. The number of nitrogens with two attached hydrogens (primary N) is 1. The number of rotatable bonds is 3. The molecule has 1 aromatic heterocycles. The van der Waals surface area contributed by atoms with Gasteiger partial charge >= 0.3 is 0 Å². The van der Waals surface area contributed by atoms with E-state index in [0.29, 0.717) is 16.9 Å². The van der Waals surface area contributed by atoms with Gasteiger partial charge in [0.1, 0.15) is 5.69 Å². The van der Waals surface area contributed by atoms with Crippen molar-refractivity contribution in [3.05, 3.63) is 71.5 Å². The summed E-state index contributed by atoms with van der Waals surface area (Å²) in [5, 5.41) is 7.84. The number of hydrogen-bond donors (Lipinski definition) is 1. The number of hydrogen-bond acceptors (Lipinski definition) is 4. The van der Waals surface area contributed by atoms with Crippen molar-refractivity contribution in [2.75, 3.05) is 5.73 Å². The number of nitrogens with zero attached hydrogens (tertiary/aromatic N) is 3. The van der Waals surface area contributed by atoms with Crippen LogP contribution in [0.25, 0.3) is 5.69 Å². The molecule has 0 saturated carbocycles. The summed E-state index contributed by atoms with van der Waals surface area (Å²) < 4.78 is 1.52. The third-order valence-corrected chi connectivity index (χ3v) is 3.24.